The van der Waals surface area contributed by atoms with E-state index in [0.29, 0.717) is 0 Å². The Morgan fingerprint density at radius 1 is 1.28 bits per heavy atom. The molecule has 2 atom stereocenters. The minimum atomic E-state index is -1.29. The van der Waals surface area contributed by atoms with Crippen LogP contribution in [0.5, 0.6) is 0 Å². The number of aliphatic hydroxyl groups is 1. The topological polar surface area (TPSA) is 113 Å². The Labute approximate surface area is 104 Å². The molecule has 1 rings (SSSR count). The van der Waals surface area contributed by atoms with Crippen LogP contribution >= 0.6 is 0 Å². The molecule has 0 radical (unpaired) electrons. The van der Waals surface area contributed by atoms with Gasteiger partial charge in [0.15, 0.2) is 0 Å². The highest BCUT2D eigenvalue weighted by Crippen LogP contribution is 2.12. The molecule has 18 heavy (non-hydrogen) atoms. The van der Waals surface area contributed by atoms with Crippen LogP contribution in [0, 0.1) is 0 Å². The summed E-state index contributed by atoms with van der Waals surface area (Å²) in [6, 6.07) is 7.24. The van der Waals surface area contributed by atoms with E-state index in [4.69, 9.17) is 15.9 Å². The molecule has 1 amide bonds. The summed E-state index contributed by atoms with van der Waals surface area (Å²) >= 11 is 0. The van der Waals surface area contributed by atoms with Crippen molar-refractivity contribution >= 4 is 11.9 Å². The summed E-state index contributed by atoms with van der Waals surface area (Å²) in [5.74, 6) is -1.79. The molecule has 1 aromatic carbocycles. The Hall–Kier alpha value is -1.92. The number of nitrogens with one attached hydrogen (secondary N) is 1. The number of aliphatic hydroxyl groups excluding tert-OH is 1. The average molecular weight is 252 g/mol. The van der Waals surface area contributed by atoms with Gasteiger partial charge in [-0.05, 0) is 5.56 Å². The molecule has 0 aromatic heterocycles. The lowest BCUT2D eigenvalue weighted by Gasteiger charge is -2.15. The molecule has 5 N–H and O–H groups in total. The van der Waals surface area contributed by atoms with Crippen LogP contribution in [-0.2, 0) is 9.59 Å². The smallest absolute Gasteiger partial charge is 0.328 e. The number of nitrogens with two attached hydrogens (primary N) is 1. The SMILES string of the molecule is NC(CC(=O)N[C@@H](CO)C(=O)O)c1ccccc1. The third kappa shape index (κ3) is 4.15. The predicted octanol–water partition coefficient (Wildman–Crippen LogP) is -0.362. The Morgan fingerprint density at radius 2 is 1.89 bits per heavy atom. The van der Waals surface area contributed by atoms with E-state index in [2.05, 4.69) is 5.32 Å². The van der Waals surface area contributed by atoms with Crippen LogP contribution in [0.25, 0.3) is 0 Å². The molecule has 1 aromatic rings. The van der Waals surface area contributed by atoms with E-state index in [0.717, 1.165) is 5.56 Å². The lowest BCUT2D eigenvalue weighted by molar-refractivity contribution is -0.143. The van der Waals surface area contributed by atoms with E-state index < -0.39 is 30.6 Å². The molecule has 98 valence electrons. The van der Waals surface area contributed by atoms with E-state index >= 15 is 0 Å². The number of hydrogen-bond acceptors (Lipinski definition) is 4. The van der Waals surface area contributed by atoms with Crippen LogP contribution in [0.3, 0.4) is 0 Å². The molecule has 0 saturated heterocycles. The molecular weight excluding hydrogens is 236 g/mol. The van der Waals surface area contributed by atoms with Crippen molar-refractivity contribution in [1.29, 1.82) is 0 Å². The first-order valence-electron chi connectivity index (χ1n) is 5.48. The van der Waals surface area contributed by atoms with Gasteiger partial charge < -0.3 is 21.3 Å². The molecule has 0 aliphatic heterocycles. The first kappa shape index (κ1) is 14.1. The maximum atomic E-state index is 11.5. The zero-order valence-electron chi connectivity index (χ0n) is 9.74. The zero-order chi connectivity index (χ0) is 13.5. The molecule has 1 unspecified atom stereocenters. The second kappa shape index (κ2) is 6.73. The molecule has 6 heteroatoms. The van der Waals surface area contributed by atoms with Gasteiger partial charge in [0.1, 0.15) is 6.04 Å². The third-order valence-electron chi connectivity index (χ3n) is 2.45. The number of aliphatic carboxylic acids is 1. The number of carboxylic acid groups (broad SMARTS) is 1. The summed E-state index contributed by atoms with van der Waals surface area (Å²) < 4.78 is 0. The highest BCUT2D eigenvalue weighted by Gasteiger charge is 2.20. The van der Waals surface area contributed by atoms with Crippen molar-refractivity contribution in [2.24, 2.45) is 5.73 Å². The van der Waals surface area contributed by atoms with Gasteiger partial charge >= 0.3 is 5.97 Å². The van der Waals surface area contributed by atoms with Crippen LogP contribution in [0.4, 0.5) is 0 Å². The van der Waals surface area contributed by atoms with E-state index in [1.165, 1.54) is 0 Å². The van der Waals surface area contributed by atoms with Crippen molar-refractivity contribution in [3.8, 4) is 0 Å². The number of carboxylic acids is 1. The first-order chi connectivity index (χ1) is 8.54. The van der Waals surface area contributed by atoms with Gasteiger partial charge in [-0.15, -0.1) is 0 Å². The second-order valence-corrected chi connectivity index (χ2v) is 3.86. The molecule has 0 spiro atoms. The molecule has 0 aliphatic rings. The quantitative estimate of drug-likeness (QED) is 0.552. The number of amides is 1. The van der Waals surface area contributed by atoms with Gasteiger partial charge in [0.05, 0.1) is 6.61 Å². The number of carbonyl (C=O) groups excluding carboxylic acids is 1. The van der Waals surface area contributed by atoms with Crippen LogP contribution in [-0.4, -0.2) is 34.7 Å². The molecule has 0 aliphatic carbocycles. The predicted molar refractivity (Wildman–Crippen MR) is 64.6 cm³/mol. The Bertz CT molecular complexity index is 408. The fourth-order valence-corrected chi connectivity index (χ4v) is 1.46. The highest BCUT2D eigenvalue weighted by molar-refractivity contribution is 5.84. The van der Waals surface area contributed by atoms with Crippen molar-refractivity contribution in [2.75, 3.05) is 6.61 Å². The van der Waals surface area contributed by atoms with Gasteiger partial charge in [0, 0.05) is 12.5 Å². The molecule has 0 saturated carbocycles. The van der Waals surface area contributed by atoms with Gasteiger partial charge in [-0.2, -0.15) is 0 Å². The average Bonchev–Trinajstić information content (AvgIpc) is 2.36. The minimum absolute atomic E-state index is 0.0339. The Balaban J connectivity index is 2.52. The minimum Gasteiger partial charge on any atom is -0.480 e. The second-order valence-electron chi connectivity index (χ2n) is 3.86. The molecule has 0 heterocycles. The summed E-state index contributed by atoms with van der Waals surface area (Å²) in [4.78, 5) is 22.2. The molecule has 0 bridgehead atoms. The van der Waals surface area contributed by atoms with Crippen molar-refractivity contribution in [2.45, 2.75) is 18.5 Å². The van der Waals surface area contributed by atoms with Crippen molar-refractivity contribution in [3.05, 3.63) is 35.9 Å². The van der Waals surface area contributed by atoms with E-state index in [1.54, 1.807) is 24.3 Å². The summed E-state index contributed by atoms with van der Waals surface area (Å²) in [5, 5.41) is 19.6. The van der Waals surface area contributed by atoms with Gasteiger partial charge in [-0.25, -0.2) is 4.79 Å². The Morgan fingerprint density at radius 3 is 2.39 bits per heavy atom. The van der Waals surface area contributed by atoms with Crippen molar-refractivity contribution in [3.63, 3.8) is 0 Å². The van der Waals surface area contributed by atoms with Crippen LogP contribution in [0.2, 0.25) is 0 Å². The number of benzene rings is 1. The maximum Gasteiger partial charge on any atom is 0.328 e. The van der Waals surface area contributed by atoms with Crippen LogP contribution < -0.4 is 11.1 Å². The van der Waals surface area contributed by atoms with Gasteiger partial charge in [-0.1, -0.05) is 30.3 Å². The summed E-state index contributed by atoms with van der Waals surface area (Å²) in [5.41, 5.74) is 6.61. The normalized spacial score (nSPS) is 13.7. The number of hydrogen-bond donors (Lipinski definition) is 4. The lowest BCUT2D eigenvalue weighted by Crippen LogP contribution is -2.44. The van der Waals surface area contributed by atoms with Crippen molar-refractivity contribution < 1.29 is 19.8 Å². The first-order valence-corrected chi connectivity index (χ1v) is 5.48. The largest absolute Gasteiger partial charge is 0.480 e. The number of carbonyl (C=O) groups is 2. The van der Waals surface area contributed by atoms with E-state index in [9.17, 15) is 9.59 Å². The van der Waals surface area contributed by atoms with E-state index in [-0.39, 0.29) is 6.42 Å². The highest BCUT2D eigenvalue weighted by atomic mass is 16.4. The fraction of sp³-hybridized carbons (Fsp3) is 0.333. The van der Waals surface area contributed by atoms with Gasteiger partial charge in [0.2, 0.25) is 5.91 Å². The maximum absolute atomic E-state index is 11.5. The van der Waals surface area contributed by atoms with Crippen LogP contribution in [0.1, 0.15) is 18.0 Å². The molecule has 6 nitrogen and oxygen atoms in total. The number of rotatable bonds is 6. The Kier molecular flexibility index (Phi) is 5.29. The standard InChI is InChI=1S/C12H16N2O4/c13-9(8-4-2-1-3-5-8)6-11(16)14-10(7-15)12(17)18/h1-5,9-10,15H,6-7,13H2,(H,14,16)(H,17,18)/t9?,10-/m0/s1. The van der Waals surface area contributed by atoms with Gasteiger partial charge in [-0.3, -0.25) is 4.79 Å². The fourth-order valence-electron chi connectivity index (χ4n) is 1.46. The molecule has 0 fully saturated rings. The zero-order valence-corrected chi connectivity index (χ0v) is 9.74. The monoisotopic (exact) mass is 252 g/mol. The lowest BCUT2D eigenvalue weighted by atomic mass is 10.0. The van der Waals surface area contributed by atoms with E-state index in [1.807, 2.05) is 6.07 Å². The van der Waals surface area contributed by atoms with Crippen LogP contribution in [0.15, 0.2) is 30.3 Å². The summed E-state index contributed by atoms with van der Waals surface area (Å²) in [6.45, 7) is -0.651. The van der Waals surface area contributed by atoms with Crippen molar-refractivity contribution in [1.82, 2.24) is 5.32 Å². The molecular formula is C12H16N2O4. The third-order valence-corrected chi connectivity index (χ3v) is 2.45. The van der Waals surface area contributed by atoms with Gasteiger partial charge in [0.25, 0.3) is 0 Å². The summed E-state index contributed by atoms with van der Waals surface area (Å²) in [7, 11) is 0. The summed E-state index contributed by atoms with van der Waals surface area (Å²) in [6.07, 6.45) is -0.0339.